The van der Waals surface area contributed by atoms with E-state index in [1.807, 2.05) is 30.3 Å². The van der Waals surface area contributed by atoms with E-state index in [1.165, 1.54) is 12.8 Å². The molecule has 1 saturated heterocycles. The second-order valence-corrected chi connectivity index (χ2v) is 5.86. The van der Waals surface area contributed by atoms with Gasteiger partial charge in [-0.05, 0) is 50.9 Å². The number of rotatable bonds is 8. The quantitative estimate of drug-likeness (QED) is 0.768. The van der Waals surface area contributed by atoms with Gasteiger partial charge in [0.15, 0.2) is 0 Å². The number of nitrogens with one attached hydrogen (secondary N) is 1. The van der Waals surface area contributed by atoms with Crippen LogP contribution in [0.1, 0.15) is 38.2 Å². The predicted octanol–water partition coefficient (Wildman–Crippen LogP) is 1.85. The molecule has 0 bridgehead atoms. The monoisotopic (exact) mass is 289 g/mol. The summed E-state index contributed by atoms with van der Waals surface area (Å²) in [5.74, 6) is -0.277. The first-order valence-corrected chi connectivity index (χ1v) is 8.02. The van der Waals surface area contributed by atoms with E-state index in [0.717, 1.165) is 44.6 Å². The van der Waals surface area contributed by atoms with Crippen LogP contribution in [0.3, 0.4) is 0 Å². The summed E-state index contributed by atoms with van der Waals surface area (Å²) in [6, 6.07) is 9.90. The Bertz CT molecular complexity index is 443. The van der Waals surface area contributed by atoms with Crippen molar-refractivity contribution in [3.8, 4) is 0 Å². The van der Waals surface area contributed by atoms with Gasteiger partial charge in [-0.2, -0.15) is 0 Å². The lowest BCUT2D eigenvalue weighted by Crippen LogP contribution is -2.54. The van der Waals surface area contributed by atoms with Crippen LogP contribution < -0.4 is 11.1 Å². The van der Waals surface area contributed by atoms with Gasteiger partial charge >= 0.3 is 0 Å². The van der Waals surface area contributed by atoms with Crippen molar-refractivity contribution >= 4 is 5.91 Å². The highest BCUT2D eigenvalue weighted by atomic mass is 16.1. The second-order valence-electron chi connectivity index (χ2n) is 5.86. The smallest absolute Gasteiger partial charge is 0.242 e. The van der Waals surface area contributed by atoms with Gasteiger partial charge in [-0.3, -0.25) is 10.1 Å². The average molecular weight is 289 g/mol. The van der Waals surface area contributed by atoms with Gasteiger partial charge in [-0.1, -0.05) is 37.3 Å². The van der Waals surface area contributed by atoms with Crippen LogP contribution in [0.5, 0.6) is 0 Å². The number of amides is 1. The summed E-state index contributed by atoms with van der Waals surface area (Å²) in [5.41, 5.74) is 6.04. The number of benzene rings is 1. The Morgan fingerprint density at radius 1 is 1.29 bits per heavy atom. The first-order chi connectivity index (χ1) is 10.2. The summed E-state index contributed by atoms with van der Waals surface area (Å²) in [6.07, 6.45) is 4.23. The molecule has 1 aromatic rings. The van der Waals surface area contributed by atoms with Crippen molar-refractivity contribution in [3.63, 3.8) is 0 Å². The van der Waals surface area contributed by atoms with Crippen LogP contribution in [0, 0.1) is 0 Å². The van der Waals surface area contributed by atoms with Gasteiger partial charge in [-0.15, -0.1) is 0 Å². The van der Waals surface area contributed by atoms with Crippen LogP contribution in [-0.2, 0) is 10.3 Å². The molecule has 1 heterocycles. The molecule has 1 amide bonds. The fraction of sp³-hybridized carbons (Fsp3) is 0.588. The number of primary amides is 1. The third kappa shape index (κ3) is 3.83. The van der Waals surface area contributed by atoms with Crippen molar-refractivity contribution in [3.05, 3.63) is 35.9 Å². The Kier molecular flexibility index (Phi) is 5.76. The summed E-state index contributed by atoms with van der Waals surface area (Å²) in [7, 11) is 0. The molecule has 116 valence electrons. The van der Waals surface area contributed by atoms with E-state index in [2.05, 4.69) is 17.1 Å². The molecule has 4 heteroatoms. The number of likely N-dealkylation sites (tertiary alicyclic amines) is 1. The number of hydrogen-bond acceptors (Lipinski definition) is 3. The number of hydrogen-bond donors (Lipinski definition) is 2. The summed E-state index contributed by atoms with van der Waals surface area (Å²) in [6.45, 7) is 6.07. The van der Waals surface area contributed by atoms with E-state index in [1.54, 1.807) is 0 Å². The highest BCUT2D eigenvalue weighted by molar-refractivity contribution is 5.86. The van der Waals surface area contributed by atoms with E-state index in [4.69, 9.17) is 5.73 Å². The molecule has 4 nitrogen and oxygen atoms in total. The molecular formula is C17H27N3O. The number of nitrogens with zero attached hydrogens (tertiary/aromatic N) is 1. The molecule has 1 aliphatic heterocycles. The van der Waals surface area contributed by atoms with E-state index < -0.39 is 5.54 Å². The number of carbonyl (C=O) groups is 1. The first kappa shape index (κ1) is 16.0. The molecule has 0 spiro atoms. The summed E-state index contributed by atoms with van der Waals surface area (Å²) in [4.78, 5) is 14.7. The zero-order valence-electron chi connectivity index (χ0n) is 13.0. The van der Waals surface area contributed by atoms with Crippen molar-refractivity contribution in [1.82, 2.24) is 10.2 Å². The molecule has 3 N–H and O–H groups in total. The molecule has 0 aromatic heterocycles. The third-order valence-corrected chi connectivity index (χ3v) is 4.37. The maximum atomic E-state index is 12.3. The van der Waals surface area contributed by atoms with Gasteiger partial charge in [0.1, 0.15) is 5.54 Å². The lowest BCUT2D eigenvalue weighted by Gasteiger charge is -2.34. The van der Waals surface area contributed by atoms with Crippen molar-refractivity contribution < 1.29 is 4.79 Å². The zero-order valence-corrected chi connectivity index (χ0v) is 13.0. The topological polar surface area (TPSA) is 58.4 Å². The Balaban J connectivity index is 2.19. The second kappa shape index (κ2) is 7.57. The Morgan fingerprint density at radius 3 is 2.52 bits per heavy atom. The summed E-state index contributed by atoms with van der Waals surface area (Å²) in [5, 5.41) is 3.42. The standard InChI is InChI=1S/C17H27N3O/c1-2-11-19-17(16(18)21,15-8-4-3-5-9-15)10-14-20-12-6-7-13-20/h3-5,8-9,19H,2,6-7,10-14H2,1H3,(H2,18,21). The maximum absolute atomic E-state index is 12.3. The van der Waals surface area contributed by atoms with Crippen molar-refractivity contribution in [1.29, 1.82) is 0 Å². The minimum absolute atomic E-state index is 0.277. The average Bonchev–Trinajstić information content (AvgIpc) is 3.02. The van der Waals surface area contributed by atoms with Crippen molar-refractivity contribution in [2.24, 2.45) is 5.73 Å². The molecule has 1 fully saturated rings. The minimum Gasteiger partial charge on any atom is -0.368 e. The van der Waals surface area contributed by atoms with Crippen LogP contribution in [0.15, 0.2) is 30.3 Å². The Hall–Kier alpha value is -1.39. The van der Waals surface area contributed by atoms with Crippen LogP contribution in [0.25, 0.3) is 0 Å². The predicted molar refractivity (Wildman–Crippen MR) is 85.9 cm³/mol. The SMILES string of the molecule is CCCNC(CCN1CCCC1)(C(N)=O)c1ccccc1. The molecule has 1 atom stereocenters. The molecule has 0 saturated carbocycles. The van der Waals surface area contributed by atoms with Crippen LogP contribution in [-0.4, -0.2) is 37.0 Å². The molecule has 0 aliphatic carbocycles. The zero-order chi connectivity index (χ0) is 15.1. The summed E-state index contributed by atoms with van der Waals surface area (Å²) < 4.78 is 0. The first-order valence-electron chi connectivity index (χ1n) is 8.02. The van der Waals surface area contributed by atoms with E-state index in [9.17, 15) is 4.79 Å². The van der Waals surface area contributed by atoms with Crippen molar-refractivity contribution in [2.75, 3.05) is 26.2 Å². The molecule has 0 radical (unpaired) electrons. The van der Waals surface area contributed by atoms with Gasteiger partial charge in [0.2, 0.25) is 5.91 Å². The van der Waals surface area contributed by atoms with Crippen LogP contribution in [0.2, 0.25) is 0 Å². The van der Waals surface area contributed by atoms with E-state index in [-0.39, 0.29) is 5.91 Å². The normalized spacial score (nSPS) is 18.5. The number of carbonyl (C=O) groups excluding carboxylic acids is 1. The van der Waals surface area contributed by atoms with Crippen molar-refractivity contribution in [2.45, 2.75) is 38.1 Å². The molecular weight excluding hydrogens is 262 g/mol. The Morgan fingerprint density at radius 2 is 1.95 bits per heavy atom. The molecule has 1 aromatic carbocycles. The fourth-order valence-corrected chi connectivity index (χ4v) is 3.08. The molecule has 1 unspecified atom stereocenters. The number of nitrogens with two attached hydrogens (primary N) is 1. The van der Waals surface area contributed by atoms with Crippen LogP contribution in [0.4, 0.5) is 0 Å². The van der Waals surface area contributed by atoms with Gasteiger partial charge in [0.25, 0.3) is 0 Å². The van der Waals surface area contributed by atoms with E-state index >= 15 is 0 Å². The lowest BCUT2D eigenvalue weighted by atomic mass is 9.85. The largest absolute Gasteiger partial charge is 0.368 e. The Labute approximate surface area is 127 Å². The van der Waals surface area contributed by atoms with Gasteiger partial charge in [-0.25, -0.2) is 0 Å². The third-order valence-electron chi connectivity index (χ3n) is 4.37. The fourth-order valence-electron chi connectivity index (χ4n) is 3.08. The highest BCUT2D eigenvalue weighted by Gasteiger charge is 2.38. The summed E-state index contributed by atoms with van der Waals surface area (Å²) >= 11 is 0. The maximum Gasteiger partial charge on any atom is 0.242 e. The highest BCUT2D eigenvalue weighted by Crippen LogP contribution is 2.26. The van der Waals surface area contributed by atoms with Gasteiger partial charge in [0.05, 0.1) is 0 Å². The van der Waals surface area contributed by atoms with Gasteiger partial charge < -0.3 is 10.6 Å². The van der Waals surface area contributed by atoms with E-state index in [0.29, 0.717) is 0 Å². The van der Waals surface area contributed by atoms with Crippen LogP contribution >= 0.6 is 0 Å². The molecule has 21 heavy (non-hydrogen) atoms. The molecule has 1 aliphatic rings. The minimum atomic E-state index is -0.750. The molecule has 2 rings (SSSR count). The lowest BCUT2D eigenvalue weighted by molar-refractivity contribution is -0.125. The van der Waals surface area contributed by atoms with Gasteiger partial charge in [0, 0.05) is 6.54 Å².